The van der Waals surface area contributed by atoms with Gasteiger partial charge in [-0.1, -0.05) is 24.0 Å². The standard InChI is InChI=1S/C13H20N4O2S2/c1-13(2,19-3)4-5-17-7-9(6-14-17)15-11(18)10-8-21-12(20)16-10/h6-7,10H,4-5,8H2,1-3H3,(H,15,18)(H,16,20)/t10-/m0/s1. The maximum Gasteiger partial charge on any atom is 0.247 e. The van der Waals surface area contributed by atoms with Crippen LogP contribution in [0.5, 0.6) is 0 Å². The van der Waals surface area contributed by atoms with Crippen molar-refractivity contribution in [3.63, 3.8) is 0 Å². The smallest absolute Gasteiger partial charge is 0.247 e. The van der Waals surface area contributed by atoms with Crippen molar-refractivity contribution in [3.05, 3.63) is 12.4 Å². The van der Waals surface area contributed by atoms with Gasteiger partial charge in [-0.25, -0.2) is 0 Å². The molecular weight excluding hydrogens is 308 g/mol. The molecule has 1 saturated heterocycles. The number of thiocarbonyl (C=S) groups is 1. The number of aromatic nitrogens is 2. The third-order valence-electron chi connectivity index (χ3n) is 3.39. The van der Waals surface area contributed by atoms with Crippen molar-refractivity contribution in [3.8, 4) is 0 Å². The van der Waals surface area contributed by atoms with E-state index in [1.54, 1.807) is 18.0 Å². The number of ether oxygens (including phenoxy) is 1. The minimum Gasteiger partial charge on any atom is -0.379 e. The summed E-state index contributed by atoms with van der Waals surface area (Å²) in [6.45, 7) is 4.80. The number of aryl methyl sites for hydroxylation is 1. The summed E-state index contributed by atoms with van der Waals surface area (Å²) < 4.78 is 7.85. The van der Waals surface area contributed by atoms with E-state index in [2.05, 4.69) is 15.7 Å². The van der Waals surface area contributed by atoms with Crippen LogP contribution >= 0.6 is 24.0 Å². The Kier molecular flexibility index (Phi) is 5.23. The maximum atomic E-state index is 12.0. The quantitative estimate of drug-likeness (QED) is 0.774. The summed E-state index contributed by atoms with van der Waals surface area (Å²) in [4.78, 5) is 12.0. The van der Waals surface area contributed by atoms with E-state index in [1.165, 1.54) is 11.8 Å². The molecule has 2 heterocycles. The fourth-order valence-electron chi connectivity index (χ4n) is 1.79. The molecular formula is C13H20N4O2S2. The molecule has 116 valence electrons. The van der Waals surface area contributed by atoms with Gasteiger partial charge in [-0.15, -0.1) is 0 Å². The van der Waals surface area contributed by atoms with Crippen LogP contribution in [0.1, 0.15) is 20.3 Å². The van der Waals surface area contributed by atoms with Crippen molar-refractivity contribution < 1.29 is 9.53 Å². The number of carbonyl (C=O) groups is 1. The molecule has 6 nitrogen and oxygen atoms in total. The Bertz CT molecular complexity index is 530. The summed E-state index contributed by atoms with van der Waals surface area (Å²) in [6, 6.07) is -0.265. The van der Waals surface area contributed by atoms with E-state index in [1.807, 2.05) is 20.0 Å². The fraction of sp³-hybridized carbons (Fsp3) is 0.615. The van der Waals surface area contributed by atoms with Crippen LogP contribution in [-0.4, -0.2) is 44.5 Å². The lowest BCUT2D eigenvalue weighted by Gasteiger charge is -2.22. The van der Waals surface area contributed by atoms with Gasteiger partial charge in [0.05, 0.1) is 17.5 Å². The predicted molar refractivity (Wildman–Crippen MR) is 88.5 cm³/mol. The predicted octanol–water partition coefficient (Wildman–Crippen LogP) is 1.63. The molecule has 1 amide bonds. The summed E-state index contributed by atoms with van der Waals surface area (Å²) >= 11 is 6.50. The third kappa shape index (κ3) is 4.69. The molecule has 0 aliphatic carbocycles. The summed E-state index contributed by atoms with van der Waals surface area (Å²) in [6.07, 6.45) is 4.32. The highest BCUT2D eigenvalue weighted by molar-refractivity contribution is 8.23. The minimum absolute atomic E-state index is 0.0841. The van der Waals surface area contributed by atoms with Gasteiger partial charge >= 0.3 is 0 Å². The number of hydrogen-bond acceptors (Lipinski definition) is 5. The van der Waals surface area contributed by atoms with E-state index >= 15 is 0 Å². The lowest BCUT2D eigenvalue weighted by molar-refractivity contribution is -0.117. The van der Waals surface area contributed by atoms with Crippen LogP contribution in [0.3, 0.4) is 0 Å². The zero-order valence-electron chi connectivity index (χ0n) is 12.4. The second-order valence-electron chi connectivity index (χ2n) is 5.49. The number of rotatable bonds is 6. The van der Waals surface area contributed by atoms with Crippen LogP contribution in [0.2, 0.25) is 0 Å². The Balaban J connectivity index is 1.85. The van der Waals surface area contributed by atoms with Gasteiger partial charge in [-0.05, 0) is 20.3 Å². The molecule has 1 aromatic rings. The topological polar surface area (TPSA) is 68.2 Å². The number of anilines is 1. The van der Waals surface area contributed by atoms with Crippen molar-refractivity contribution in [2.45, 2.75) is 38.5 Å². The Morgan fingerprint density at radius 1 is 1.71 bits per heavy atom. The van der Waals surface area contributed by atoms with Crippen LogP contribution in [0, 0.1) is 0 Å². The molecule has 1 aliphatic rings. The normalized spacial score (nSPS) is 18.6. The number of nitrogens with zero attached hydrogens (tertiary/aromatic N) is 2. The molecule has 0 aromatic carbocycles. The first kappa shape index (κ1) is 16.3. The summed E-state index contributed by atoms with van der Waals surface area (Å²) in [5.74, 6) is 0.583. The van der Waals surface area contributed by atoms with Gasteiger partial charge in [0.1, 0.15) is 10.4 Å². The Hall–Kier alpha value is -1.12. The van der Waals surface area contributed by atoms with E-state index in [9.17, 15) is 4.79 Å². The van der Waals surface area contributed by atoms with Gasteiger partial charge in [0.2, 0.25) is 5.91 Å². The molecule has 2 rings (SSSR count). The van der Waals surface area contributed by atoms with Crippen LogP contribution in [0.15, 0.2) is 12.4 Å². The fourth-order valence-corrected chi connectivity index (χ4v) is 2.92. The monoisotopic (exact) mass is 328 g/mol. The molecule has 1 fully saturated rings. The molecule has 21 heavy (non-hydrogen) atoms. The molecule has 8 heteroatoms. The average molecular weight is 328 g/mol. The first-order chi connectivity index (χ1) is 9.89. The molecule has 1 aromatic heterocycles. The van der Waals surface area contributed by atoms with E-state index in [0.29, 0.717) is 15.8 Å². The van der Waals surface area contributed by atoms with Gasteiger partial charge in [0.25, 0.3) is 0 Å². The highest BCUT2D eigenvalue weighted by Crippen LogP contribution is 2.17. The van der Waals surface area contributed by atoms with E-state index < -0.39 is 0 Å². The molecule has 0 radical (unpaired) electrons. The summed E-state index contributed by atoms with van der Waals surface area (Å²) in [5.41, 5.74) is 0.510. The van der Waals surface area contributed by atoms with E-state index in [-0.39, 0.29) is 17.6 Å². The van der Waals surface area contributed by atoms with Crippen LogP contribution in [-0.2, 0) is 16.1 Å². The molecule has 0 saturated carbocycles. The van der Waals surface area contributed by atoms with Crippen molar-refractivity contribution in [1.82, 2.24) is 15.1 Å². The Morgan fingerprint density at radius 3 is 3.10 bits per heavy atom. The highest BCUT2D eigenvalue weighted by atomic mass is 32.2. The van der Waals surface area contributed by atoms with Crippen LogP contribution < -0.4 is 10.6 Å². The van der Waals surface area contributed by atoms with E-state index in [0.717, 1.165) is 13.0 Å². The highest BCUT2D eigenvalue weighted by Gasteiger charge is 2.26. The minimum atomic E-state index is -0.265. The lowest BCUT2D eigenvalue weighted by Crippen LogP contribution is -2.38. The van der Waals surface area contributed by atoms with Crippen LogP contribution in [0.25, 0.3) is 0 Å². The zero-order chi connectivity index (χ0) is 15.5. The van der Waals surface area contributed by atoms with Gasteiger partial charge in [-0.3, -0.25) is 9.48 Å². The molecule has 1 aliphatic heterocycles. The van der Waals surface area contributed by atoms with E-state index in [4.69, 9.17) is 17.0 Å². The van der Waals surface area contributed by atoms with Gasteiger partial charge in [0, 0.05) is 25.6 Å². The SMILES string of the molecule is COC(C)(C)CCn1cc(NC(=O)[C@@H]2CSC(=S)N2)cn1. The molecule has 0 unspecified atom stereocenters. The zero-order valence-corrected chi connectivity index (χ0v) is 14.0. The van der Waals surface area contributed by atoms with Crippen molar-refractivity contribution in [2.24, 2.45) is 0 Å². The number of methoxy groups -OCH3 is 1. The first-order valence-electron chi connectivity index (χ1n) is 6.71. The van der Waals surface area contributed by atoms with Gasteiger partial charge in [-0.2, -0.15) is 5.10 Å². The van der Waals surface area contributed by atoms with Crippen molar-refractivity contribution >= 4 is 39.9 Å². The maximum absolute atomic E-state index is 12.0. The number of amides is 1. The Labute approximate surface area is 134 Å². The second kappa shape index (κ2) is 6.76. The first-order valence-corrected chi connectivity index (χ1v) is 8.11. The molecule has 0 bridgehead atoms. The van der Waals surface area contributed by atoms with Crippen molar-refractivity contribution in [1.29, 1.82) is 0 Å². The Morgan fingerprint density at radius 2 is 2.48 bits per heavy atom. The number of thioether (sulfide) groups is 1. The number of hydrogen-bond donors (Lipinski definition) is 2. The second-order valence-corrected chi connectivity index (χ2v) is 7.19. The largest absolute Gasteiger partial charge is 0.379 e. The summed E-state index contributed by atoms with van der Waals surface area (Å²) in [7, 11) is 1.70. The molecule has 0 spiro atoms. The number of nitrogens with one attached hydrogen (secondary N) is 2. The average Bonchev–Trinajstić information content (AvgIpc) is 3.06. The van der Waals surface area contributed by atoms with Crippen molar-refractivity contribution in [2.75, 3.05) is 18.2 Å². The third-order valence-corrected chi connectivity index (χ3v) is 4.74. The lowest BCUT2D eigenvalue weighted by atomic mass is 10.1. The van der Waals surface area contributed by atoms with Gasteiger partial charge in [0.15, 0.2) is 0 Å². The van der Waals surface area contributed by atoms with Gasteiger partial charge < -0.3 is 15.4 Å². The molecule has 2 N–H and O–H groups in total. The van der Waals surface area contributed by atoms with Crippen LogP contribution in [0.4, 0.5) is 5.69 Å². The number of carbonyl (C=O) groups excluding carboxylic acids is 1. The summed E-state index contributed by atoms with van der Waals surface area (Å²) in [5, 5.41) is 10.1. The molecule has 1 atom stereocenters.